The minimum atomic E-state index is -0.279. The van der Waals surface area contributed by atoms with E-state index in [0.717, 1.165) is 11.1 Å². The van der Waals surface area contributed by atoms with Gasteiger partial charge in [-0.2, -0.15) is 0 Å². The molecule has 0 aromatic heterocycles. The molecule has 2 nitrogen and oxygen atoms in total. The van der Waals surface area contributed by atoms with Crippen LogP contribution in [-0.4, -0.2) is 12.6 Å². The van der Waals surface area contributed by atoms with E-state index in [-0.39, 0.29) is 5.97 Å². The van der Waals surface area contributed by atoms with Crippen molar-refractivity contribution >= 4 is 27.5 Å². The highest BCUT2D eigenvalue weighted by molar-refractivity contribution is 9.12. The Kier molecular flexibility index (Phi) is 2.19. The third-order valence-corrected chi connectivity index (χ3v) is 2.72. The normalized spacial score (nSPS) is 16.2. The number of halogens is 1. The molecule has 66 valence electrons. The standard InChI is InChI=1S/C10H7BrO2/c11-9-8(6-13-10(9)12)7-4-2-1-3-5-7/h1-5H,6H2. The quantitative estimate of drug-likeness (QED) is 0.703. The van der Waals surface area contributed by atoms with E-state index in [9.17, 15) is 4.79 Å². The molecule has 0 radical (unpaired) electrons. The highest BCUT2D eigenvalue weighted by atomic mass is 79.9. The Balaban J connectivity index is 2.43. The van der Waals surface area contributed by atoms with Gasteiger partial charge in [0.2, 0.25) is 0 Å². The van der Waals surface area contributed by atoms with Crippen molar-refractivity contribution in [2.75, 3.05) is 6.61 Å². The Morgan fingerprint density at radius 1 is 1.23 bits per heavy atom. The van der Waals surface area contributed by atoms with Crippen LogP contribution in [0.3, 0.4) is 0 Å². The van der Waals surface area contributed by atoms with Crippen molar-refractivity contribution in [2.45, 2.75) is 0 Å². The molecule has 1 aromatic rings. The van der Waals surface area contributed by atoms with Gasteiger partial charge in [0.05, 0.1) is 0 Å². The molecule has 0 aliphatic carbocycles. The summed E-state index contributed by atoms with van der Waals surface area (Å²) < 4.78 is 5.41. The highest BCUT2D eigenvalue weighted by Gasteiger charge is 2.22. The molecule has 0 N–H and O–H groups in total. The number of ether oxygens (including phenoxy) is 1. The van der Waals surface area contributed by atoms with E-state index in [1.807, 2.05) is 30.3 Å². The SMILES string of the molecule is O=C1OCC(c2ccccc2)=C1Br. The molecule has 3 heteroatoms. The minimum absolute atomic E-state index is 0.279. The maximum Gasteiger partial charge on any atom is 0.346 e. The van der Waals surface area contributed by atoms with Crippen molar-refractivity contribution in [1.29, 1.82) is 0 Å². The summed E-state index contributed by atoms with van der Waals surface area (Å²) in [5.74, 6) is -0.279. The Hall–Kier alpha value is -1.09. The van der Waals surface area contributed by atoms with Gasteiger partial charge in [-0.15, -0.1) is 0 Å². The third-order valence-electron chi connectivity index (χ3n) is 1.91. The van der Waals surface area contributed by atoms with Crippen molar-refractivity contribution in [3.8, 4) is 0 Å². The third kappa shape index (κ3) is 1.52. The topological polar surface area (TPSA) is 26.3 Å². The van der Waals surface area contributed by atoms with Gasteiger partial charge >= 0.3 is 5.97 Å². The Morgan fingerprint density at radius 3 is 2.46 bits per heavy atom. The Morgan fingerprint density at radius 2 is 1.92 bits per heavy atom. The highest BCUT2D eigenvalue weighted by Crippen LogP contribution is 2.29. The van der Waals surface area contributed by atoms with Gasteiger partial charge in [0.15, 0.2) is 0 Å². The lowest BCUT2D eigenvalue weighted by Gasteiger charge is -1.98. The van der Waals surface area contributed by atoms with Crippen LogP contribution >= 0.6 is 15.9 Å². The van der Waals surface area contributed by atoms with Crippen LogP contribution in [0.2, 0.25) is 0 Å². The van der Waals surface area contributed by atoms with Crippen LogP contribution in [0.15, 0.2) is 34.8 Å². The minimum Gasteiger partial charge on any atom is -0.457 e. The van der Waals surface area contributed by atoms with Gasteiger partial charge in [0.25, 0.3) is 0 Å². The first kappa shape index (κ1) is 8.51. The average Bonchev–Trinajstić information content (AvgIpc) is 2.49. The van der Waals surface area contributed by atoms with Gasteiger partial charge in [-0.3, -0.25) is 0 Å². The monoisotopic (exact) mass is 238 g/mol. The van der Waals surface area contributed by atoms with E-state index in [0.29, 0.717) is 11.1 Å². The van der Waals surface area contributed by atoms with E-state index in [1.165, 1.54) is 0 Å². The van der Waals surface area contributed by atoms with E-state index in [2.05, 4.69) is 15.9 Å². The molecular formula is C10H7BrO2. The summed E-state index contributed by atoms with van der Waals surface area (Å²) in [6, 6.07) is 9.73. The van der Waals surface area contributed by atoms with Gasteiger partial charge in [0.1, 0.15) is 11.1 Å². The summed E-state index contributed by atoms with van der Waals surface area (Å²) in [6.45, 7) is 0.365. The summed E-state index contributed by atoms with van der Waals surface area (Å²) >= 11 is 3.21. The number of esters is 1. The first-order valence-corrected chi connectivity index (χ1v) is 4.69. The van der Waals surface area contributed by atoms with E-state index >= 15 is 0 Å². The lowest BCUT2D eigenvalue weighted by Crippen LogP contribution is -1.93. The number of carbonyl (C=O) groups excluding carboxylic acids is 1. The molecule has 0 atom stereocenters. The zero-order chi connectivity index (χ0) is 9.26. The van der Waals surface area contributed by atoms with Gasteiger partial charge < -0.3 is 4.74 Å². The lowest BCUT2D eigenvalue weighted by atomic mass is 10.1. The second-order valence-corrected chi connectivity index (χ2v) is 3.53. The molecule has 1 heterocycles. The second kappa shape index (κ2) is 3.34. The van der Waals surface area contributed by atoms with Crippen LogP contribution in [0.5, 0.6) is 0 Å². The van der Waals surface area contributed by atoms with Crippen molar-refractivity contribution in [1.82, 2.24) is 0 Å². The van der Waals surface area contributed by atoms with Crippen LogP contribution in [0.4, 0.5) is 0 Å². The van der Waals surface area contributed by atoms with Gasteiger partial charge in [-0.1, -0.05) is 30.3 Å². The molecule has 1 aliphatic rings. The molecular weight excluding hydrogens is 232 g/mol. The number of cyclic esters (lactones) is 1. The van der Waals surface area contributed by atoms with Crippen molar-refractivity contribution in [3.05, 3.63) is 40.4 Å². The maximum absolute atomic E-state index is 11.0. The lowest BCUT2D eigenvalue weighted by molar-refractivity contribution is -0.135. The molecule has 0 unspecified atom stereocenters. The summed E-state index contributed by atoms with van der Waals surface area (Å²) in [4.78, 5) is 11.0. The molecule has 1 aromatic carbocycles. The van der Waals surface area contributed by atoms with Crippen LogP contribution in [0, 0.1) is 0 Å². The van der Waals surface area contributed by atoms with Crippen LogP contribution in [-0.2, 0) is 9.53 Å². The molecule has 0 saturated heterocycles. The number of hydrogen-bond donors (Lipinski definition) is 0. The van der Waals surface area contributed by atoms with Gasteiger partial charge in [-0.25, -0.2) is 4.79 Å². The van der Waals surface area contributed by atoms with Crippen molar-refractivity contribution in [2.24, 2.45) is 0 Å². The molecule has 0 amide bonds. The van der Waals surface area contributed by atoms with E-state index in [4.69, 9.17) is 4.74 Å². The van der Waals surface area contributed by atoms with E-state index in [1.54, 1.807) is 0 Å². The van der Waals surface area contributed by atoms with Crippen LogP contribution < -0.4 is 0 Å². The summed E-state index contributed by atoms with van der Waals surface area (Å²) in [5, 5.41) is 0. The fourth-order valence-electron chi connectivity index (χ4n) is 1.24. The predicted molar refractivity (Wildman–Crippen MR) is 53.2 cm³/mol. The molecule has 0 spiro atoms. The van der Waals surface area contributed by atoms with Crippen molar-refractivity contribution < 1.29 is 9.53 Å². The Labute approximate surface area is 84.3 Å². The molecule has 0 fully saturated rings. The fourth-order valence-corrected chi connectivity index (χ4v) is 1.69. The largest absolute Gasteiger partial charge is 0.457 e. The second-order valence-electron chi connectivity index (χ2n) is 2.73. The van der Waals surface area contributed by atoms with Gasteiger partial charge in [0, 0.05) is 5.57 Å². The smallest absolute Gasteiger partial charge is 0.346 e. The summed E-state index contributed by atoms with van der Waals surface area (Å²) in [5.41, 5.74) is 1.95. The fraction of sp³-hybridized carbons (Fsp3) is 0.100. The number of benzene rings is 1. The first-order chi connectivity index (χ1) is 6.29. The number of rotatable bonds is 1. The summed E-state index contributed by atoms with van der Waals surface area (Å²) in [7, 11) is 0. The van der Waals surface area contributed by atoms with Crippen molar-refractivity contribution in [3.63, 3.8) is 0 Å². The molecule has 0 bridgehead atoms. The molecule has 1 aliphatic heterocycles. The van der Waals surface area contributed by atoms with Gasteiger partial charge in [-0.05, 0) is 21.5 Å². The zero-order valence-electron chi connectivity index (χ0n) is 6.79. The molecule has 13 heavy (non-hydrogen) atoms. The Bertz CT molecular complexity index is 368. The molecule has 0 saturated carbocycles. The number of hydrogen-bond acceptors (Lipinski definition) is 2. The predicted octanol–water partition coefficient (Wildman–Crippen LogP) is 2.35. The summed E-state index contributed by atoms with van der Waals surface area (Å²) in [6.07, 6.45) is 0. The first-order valence-electron chi connectivity index (χ1n) is 3.90. The van der Waals surface area contributed by atoms with E-state index < -0.39 is 0 Å². The average molecular weight is 239 g/mol. The molecule has 2 rings (SSSR count). The zero-order valence-corrected chi connectivity index (χ0v) is 8.37. The van der Waals surface area contributed by atoms with Crippen LogP contribution in [0.1, 0.15) is 5.56 Å². The maximum atomic E-state index is 11.0. The number of carbonyl (C=O) groups is 1. The van der Waals surface area contributed by atoms with Crippen LogP contribution in [0.25, 0.3) is 5.57 Å².